The molecule has 0 atom stereocenters. The fourth-order valence-corrected chi connectivity index (χ4v) is 2.65. The van der Waals surface area contributed by atoms with Gasteiger partial charge >= 0.3 is 0 Å². The number of sulfone groups is 1. The van der Waals surface area contributed by atoms with E-state index in [-0.39, 0.29) is 11.5 Å². The first kappa shape index (κ1) is 17.5. The molecule has 6 heteroatoms. The zero-order valence-corrected chi connectivity index (χ0v) is 13.8. The van der Waals surface area contributed by atoms with E-state index in [9.17, 15) is 8.42 Å². The van der Waals surface area contributed by atoms with Crippen LogP contribution >= 0.6 is 0 Å². The Morgan fingerprint density at radius 3 is 2.38 bits per heavy atom. The van der Waals surface area contributed by atoms with Crippen LogP contribution in [0, 0.1) is 0 Å². The summed E-state index contributed by atoms with van der Waals surface area (Å²) in [5.74, 6) is 0.910. The van der Waals surface area contributed by atoms with Crippen molar-refractivity contribution in [2.75, 3.05) is 25.1 Å². The molecule has 0 saturated carbocycles. The van der Waals surface area contributed by atoms with E-state index in [2.05, 4.69) is 34.7 Å². The predicted octanol–water partition coefficient (Wildman–Crippen LogP) is 1.35. The van der Waals surface area contributed by atoms with Crippen LogP contribution in [0.1, 0.15) is 25.0 Å². The van der Waals surface area contributed by atoms with Crippen LogP contribution in [0.2, 0.25) is 0 Å². The molecule has 0 aliphatic rings. The van der Waals surface area contributed by atoms with Gasteiger partial charge in [0.1, 0.15) is 0 Å². The molecule has 0 fully saturated rings. The van der Waals surface area contributed by atoms with Crippen molar-refractivity contribution in [2.45, 2.75) is 26.8 Å². The second-order valence-electron chi connectivity index (χ2n) is 4.71. The molecule has 5 nitrogen and oxygen atoms in total. The Morgan fingerprint density at radius 1 is 1.14 bits per heavy atom. The van der Waals surface area contributed by atoms with E-state index in [1.165, 1.54) is 11.1 Å². The lowest BCUT2D eigenvalue weighted by atomic mass is 10.1. The largest absolute Gasteiger partial charge is 0.355 e. The molecule has 1 aromatic carbocycles. The zero-order chi connectivity index (χ0) is 15.7. The van der Waals surface area contributed by atoms with Gasteiger partial charge in [0.05, 0.1) is 5.75 Å². The third-order valence-corrected chi connectivity index (χ3v) is 5.02. The highest BCUT2D eigenvalue weighted by Crippen LogP contribution is 2.08. The first-order valence-electron chi connectivity index (χ1n) is 7.24. The minimum Gasteiger partial charge on any atom is -0.355 e. The Kier molecular flexibility index (Phi) is 7.22. The summed E-state index contributed by atoms with van der Waals surface area (Å²) in [6, 6.07) is 8.24. The van der Waals surface area contributed by atoms with Crippen molar-refractivity contribution in [3.05, 3.63) is 35.4 Å². The monoisotopic (exact) mass is 311 g/mol. The normalized spacial score (nSPS) is 12.2. The summed E-state index contributed by atoms with van der Waals surface area (Å²) in [6.45, 7) is 4.82. The molecule has 0 spiro atoms. The summed E-state index contributed by atoms with van der Waals surface area (Å²) >= 11 is 0. The second kappa shape index (κ2) is 8.67. The summed E-state index contributed by atoms with van der Waals surface area (Å²) in [4.78, 5) is 4.10. The molecule has 1 aromatic rings. The molecule has 1 rings (SSSR count). The van der Waals surface area contributed by atoms with Crippen molar-refractivity contribution in [2.24, 2.45) is 4.99 Å². The Balaban J connectivity index is 2.49. The fourth-order valence-electron chi connectivity index (χ4n) is 1.94. The molecule has 0 aliphatic heterocycles. The van der Waals surface area contributed by atoms with Gasteiger partial charge in [-0.2, -0.15) is 0 Å². The number of nitrogens with zero attached hydrogens (tertiary/aromatic N) is 1. The molecule has 0 unspecified atom stereocenters. The van der Waals surface area contributed by atoms with Crippen molar-refractivity contribution in [1.82, 2.24) is 10.6 Å². The summed E-state index contributed by atoms with van der Waals surface area (Å²) in [7, 11) is -1.27. The lowest BCUT2D eigenvalue weighted by Crippen LogP contribution is -2.39. The van der Waals surface area contributed by atoms with Gasteiger partial charge in [-0.15, -0.1) is 0 Å². The van der Waals surface area contributed by atoms with Crippen LogP contribution < -0.4 is 10.6 Å². The molecular formula is C15H25N3O2S. The zero-order valence-electron chi connectivity index (χ0n) is 13.0. The highest BCUT2D eigenvalue weighted by Gasteiger charge is 2.07. The molecule has 0 bridgehead atoms. The van der Waals surface area contributed by atoms with Gasteiger partial charge in [-0.3, -0.25) is 4.99 Å². The molecule has 0 heterocycles. The number of aryl methyl sites for hydroxylation is 1. The number of aliphatic imine (C=N–C) groups is 1. The SMILES string of the molecule is CCc1ccccc1CNC(=NC)NCCS(=O)(=O)CC. The number of guanidine groups is 1. The molecule has 0 radical (unpaired) electrons. The van der Waals surface area contributed by atoms with E-state index >= 15 is 0 Å². The van der Waals surface area contributed by atoms with E-state index in [1.54, 1.807) is 14.0 Å². The lowest BCUT2D eigenvalue weighted by Gasteiger charge is -2.13. The minimum absolute atomic E-state index is 0.121. The molecule has 0 aromatic heterocycles. The average Bonchev–Trinajstić information content (AvgIpc) is 2.50. The first-order chi connectivity index (χ1) is 10.0. The summed E-state index contributed by atoms with van der Waals surface area (Å²) in [5, 5.41) is 6.24. The van der Waals surface area contributed by atoms with Gasteiger partial charge in [-0.1, -0.05) is 38.1 Å². The Morgan fingerprint density at radius 2 is 1.81 bits per heavy atom. The van der Waals surface area contributed by atoms with Gasteiger partial charge in [0.15, 0.2) is 15.8 Å². The topological polar surface area (TPSA) is 70.6 Å². The molecule has 0 saturated heterocycles. The summed E-state index contributed by atoms with van der Waals surface area (Å²) in [6.07, 6.45) is 0.985. The van der Waals surface area contributed by atoms with Crippen molar-refractivity contribution in [1.29, 1.82) is 0 Å². The molecule has 0 amide bonds. The second-order valence-corrected chi connectivity index (χ2v) is 7.18. The van der Waals surface area contributed by atoms with Gasteiger partial charge in [0.25, 0.3) is 0 Å². The third-order valence-electron chi connectivity index (χ3n) is 3.31. The Labute approximate surface area is 127 Å². The molecule has 21 heavy (non-hydrogen) atoms. The summed E-state index contributed by atoms with van der Waals surface area (Å²) < 4.78 is 22.9. The molecule has 118 valence electrons. The van der Waals surface area contributed by atoms with Crippen molar-refractivity contribution in [3.63, 3.8) is 0 Å². The van der Waals surface area contributed by atoms with E-state index in [0.29, 0.717) is 19.0 Å². The lowest BCUT2D eigenvalue weighted by molar-refractivity contribution is 0.595. The Hall–Kier alpha value is -1.56. The smallest absolute Gasteiger partial charge is 0.191 e. The van der Waals surface area contributed by atoms with Gasteiger partial charge in [-0.05, 0) is 17.5 Å². The standard InChI is InChI=1S/C15H25N3O2S/c1-4-13-8-6-7-9-14(13)12-18-15(16-3)17-10-11-21(19,20)5-2/h6-9H,4-5,10-12H2,1-3H3,(H2,16,17,18). The van der Waals surface area contributed by atoms with E-state index in [1.807, 2.05) is 12.1 Å². The van der Waals surface area contributed by atoms with E-state index in [4.69, 9.17) is 0 Å². The molecular weight excluding hydrogens is 286 g/mol. The first-order valence-corrected chi connectivity index (χ1v) is 9.06. The number of rotatable bonds is 7. The van der Waals surface area contributed by atoms with Crippen molar-refractivity contribution < 1.29 is 8.42 Å². The van der Waals surface area contributed by atoms with Gasteiger partial charge < -0.3 is 10.6 Å². The van der Waals surface area contributed by atoms with Crippen LogP contribution in [-0.4, -0.2) is 39.5 Å². The maximum absolute atomic E-state index is 11.4. The van der Waals surface area contributed by atoms with Gasteiger partial charge in [-0.25, -0.2) is 8.42 Å². The van der Waals surface area contributed by atoms with Crippen molar-refractivity contribution >= 4 is 15.8 Å². The van der Waals surface area contributed by atoms with Gasteiger partial charge in [0.2, 0.25) is 0 Å². The number of nitrogens with one attached hydrogen (secondary N) is 2. The van der Waals surface area contributed by atoms with Gasteiger partial charge in [0, 0.05) is 25.9 Å². The van der Waals surface area contributed by atoms with Crippen LogP contribution in [0.25, 0.3) is 0 Å². The molecule has 0 aliphatic carbocycles. The van der Waals surface area contributed by atoms with E-state index < -0.39 is 9.84 Å². The highest BCUT2D eigenvalue weighted by atomic mass is 32.2. The summed E-state index contributed by atoms with van der Waals surface area (Å²) in [5.41, 5.74) is 2.53. The minimum atomic E-state index is -2.95. The van der Waals surface area contributed by atoms with Crippen LogP contribution in [0.5, 0.6) is 0 Å². The fraction of sp³-hybridized carbons (Fsp3) is 0.533. The number of benzene rings is 1. The maximum atomic E-state index is 11.4. The van der Waals surface area contributed by atoms with Crippen LogP contribution in [0.15, 0.2) is 29.3 Å². The van der Waals surface area contributed by atoms with Crippen LogP contribution in [0.4, 0.5) is 0 Å². The number of hydrogen-bond donors (Lipinski definition) is 2. The quantitative estimate of drug-likeness (QED) is 0.589. The highest BCUT2D eigenvalue weighted by molar-refractivity contribution is 7.91. The molecule has 2 N–H and O–H groups in total. The van der Waals surface area contributed by atoms with E-state index in [0.717, 1.165) is 6.42 Å². The predicted molar refractivity (Wildman–Crippen MR) is 88.3 cm³/mol. The maximum Gasteiger partial charge on any atom is 0.191 e. The average molecular weight is 311 g/mol. The Bertz CT molecular complexity index is 568. The number of hydrogen-bond acceptors (Lipinski definition) is 3. The van der Waals surface area contributed by atoms with Crippen LogP contribution in [-0.2, 0) is 22.8 Å². The third kappa shape index (κ3) is 6.16. The van der Waals surface area contributed by atoms with Crippen molar-refractivity contribution in [3.8, 4) is 0 Å². The van der Waals surface area contributed by atoms with Crippen LogP contribution in [0.3, 0.4) is 0 Å².